The number of fused-ring (bicyclic) bond motifs is 3. The minimum Gasteiger partial charge on any atom is -0.276 e. The van der Waals surface area contributed by atoms with Crippen molar-refractivity contribution in [3.63, 3.8) is 0 Å². The topological polar surface area (TPSA) is 86.2 Å². The summed E-state index contributed by atoms with van der Waals surface area (Å²) in [6.07, 6.45) is 0. The molecule has 0 bridgehead atoms. The molecule has 4 rings (SSSR count). The highest BCUT2D eigenvalue weighted by atomic mass is 79.9. The molecule has 0 atom stereocenters. The molecule has 0 fully saturated rings. The van der Waals surface area contributed by atoms with E-state index in [4.69, 9.17) is 11.6 Å². The van der Waals surface area contributed by atoms with E-state index in [9.17, 15) is 10.1 Å². The zero-order chi connectivity index (χ0) is 17.6. The molecule has 25 heavy (non-hydrogen) atoms. The van der Waals surface area contributed by atoms with Gasteiger partial charge in [-0.2, -0.15) is 0 Å². The molecule has 1 aliphatic rings. The van der Waals surface area contributed by atoms with E-state index in [1.165, 1.54) is 12.1 Å². The summed E-state index contributed by atoms with van der Waals surface area (Å²) in [4.78, 5) is 15.4. The molecule has 0 saturated heterocycles. The molecule has 0 radical (unpaired) electrons. The van der Waals surface area contributed by atoms with E-state index in [0.717, 1.165) is 0 Å². The van der Waals surface area contributed by atoms with Crippen molar-refractivity contribution in [2.75, 3.05) is 0 Å². The Labute approximate surface area is 155 Å². The lowest BCUT2D eigenvalue weighted by atomic mass is 10.00. The number of hydrogen-bond acceptors (Lipinski definition) is 5. The summed E-state index contributed by atoms with van der Waals surface area (Å²) in [5.74, 6) is 0.629. The summed E-state index contributed by atoms with van der Waals surface area (Å²) in [7, 11) is 0. The SMILES string of the molecule is O=[N+]([O-])c1ccc2c(c1)C(c1ccccc1Cl)=NCc1nnc(Br)n1-2. The Morgan fingerprint density at radius 2 is 1.96 bits per heavy atom. The second kappa shape index (κ2) is 6.05. The molecule has 2 aromatic carbocycles. The van der Waals surface area contributed by atoms with Gasteiger partial charge in [-0.15, -0.1) is 10.2 Å². The van der Waals surface area contributed by atoms with Crippen LogP contribution < -0.4 is 0 Å². The fourth-order valence-electron chi connectivity index (χ4n) is 2.78. The van der Waals surface area contributed by atoms with Crippen molar-refractivity contribution in [2.45, 2.75) is 6.54 Å². The fourth-order valence-corrected chi connectivity index (χ4v) is 3.48. The summed E-state index contributed by atoms with van der Waals surface area (Å²) in [6.45, 7) is 0.279. The number of benzene rings is 2. The molecule has 0 spiro atoms. The number of hydrogen-bond donors (Lipinski definition) is 0. The highest BCUT2D eigenvalue weighted by Gasteiger charge is 2.25. The molecule has 0 aliphatic carbocycles. The van der Waals surface area contributed by atoms with E-state index in [1.54, 1.807) is 16.7 Å². The minimum absolute atomic E-state index is 0.0221. The number of aromatic nitrogens is 3. The monoisotopic (exact) mass is 417 g/mol. The minimum atomic E-state index is -0.433. The predicted octanol–water partition coefficient (Wildman–Crippen LogP) is 3.94. The third-order valence-corrected chi connectivity index (χ3v) is 4.73. The largest absolute Gasteiger partial charge is 0.276 e. The normalized spacial score (nSPS) is 12.8. The first-order valence-electron chi connectivity index (χ1n) is 7.24. The van der Waals surface area contributed by atoms with Gasteiger partial charge in [0.05, 0.1) is 16.3 Å². The zero-order valence-electron chi connectivity index (χ0n) is 12.6. The van der Waals surface area contributed by atoms with Crippen molar-refractivity contribution in [1.29, 1.82) is 0 Å². The lowest BCUT2D eigenvalue weighted by molar-refractivity contribution is -0.384. The number of aliphatic imine (C=N–C) groups is 1. The smallest absolute Gasteiger partial charge is 0.270 e. The van der Waals surface area contributed by atoms with Crippen LogP contribution in [0.5, 0.6) is 0 Å². The van der Waals surface area contributed by atoms with Gasteiger partial charge in [-0.1, -0.05) is 29.8 Å². The van der Waals surface area contributed by atoms with Gasteiger partial charge in [0.1, 0.15) is 6.54 Å². The van der Waals surface area contributed by atoms with Crippen molar-refractivity contribution >= 4 is 38.9 Å². The summed E-state index contributed by atoms with van der Waals surface area (Å²) in [5, 5.41) is 19.9. The molecule has 0 N–H and O–H groups in total. The highest BCUT2D eigenvalue weighted by Crippen LogP contribution is 2.31. The Bertz CT molecular complexity index is 1050. The van der Waals surface area contributed by atoms with Crippen LogP contribution in [0.3, 0.4) is 0 Å². The predicted molar refractivity (Wildman–Crippen MR) is 96.5 cm³/mol. The van der Waals surface area contributed by atoms with Crippen LogP contribution >= 0.6 is 27.5 Å². The Kier molecular flexibility index (Phi) is 3.85. The van der Waals surface area contributed by atoms with Gasteiger partial charge in [0, 0.05) is 28.3 Å². The number of non-ortho nitro benzene ring substituents is 1. The van der Waals surface area contributed by atoms with E-state index in [0.29, 0.717) is 38.1 Å². The van der Waals surface area contributed by atoms with Crippen LogP contribution in [0.15, 0.2) is 52.2 Å². The lowest BCUT2D eigenvalue weighted by Gasteiger charge is -2.12. The summed E-state index contributed by atoms with van der Waals surface area (Å²) in [6, 6.07) is 11.9. The molecule has 0 unspecified atom stereocenters. The molecular formula is C16H9BrClN5O2. The first-order valence-corrected chi connectivity index (χ1v) is 8.41. The quantitative estimate of drug-likeness (QED) is 0.466. The average molecular weight is 419 g/mol. The van der Waals surface area contributed by atoms with Crippen LogP contribution in [-0.4, -0.2) is 25.4 Å². The van der Waals surface area contributed by atoms with Crippen LogP contribution in [0, 0.1) is 10.1 Å². The maximum Gasteiger partial charge on any atom is 0.270 e. The van der Waals surface area contributed by atoms with Gasteiger partial charge < -0.3 is 0 Å². The molecule has 3 aromatic rings. The number of nitrogens with zero attached hydrogens (tertiary/aromatic N) is 5. The van der Waals surface area contributed by atoms with Gasteiger partial charge in [-0.05, 0) is 28.1 Å². The van der Waals surface area contributed by atoms with Crippen LogP contribution in [0.1, 0.15) is 17.0 Å². The van der Waals surface area contributed by atoms with E-state index in [-0.39, 0.29) is 12.2 Å². The van der Waals surface area contributed by atoms with Crippen LogP contribution in [0.25, 0.3) is 5.69 Å². The molecule has 1 aliphatic heterocycles. The van der Waals surface area contributed by atoms with Crippen LogP contribution in [0.2, 0.25) is 5.02 Å². The third-order valence-electron chi connectivity index (χ3n) is 3.89. The van der Waals surface area contributed by atoms with Crippen molar-refractivity contribution < 1.29 is 4.92 Å². The Morgan fingerprint density at radius 3 is 2.72 bits per heavy atom. The second-order valence-electron chi connectivity index (χ2n) is 5.32. The van der Waals surface area contributed by atoms with Crippen molar-refractivity contribution in [2.24, 2.45) is 4.99 Å². The highest BCUT2D eigenvalue weighted by molar-refractivity contribution is 9.10. The number of nitro benzene ring substituents is 1. The van der Waals surface area contributed by atoms with Gasteiger partial charge in [0.2, 0.25) is 4.73 Å². The third kappa shape index (κ3) is 2.63. The Balaban J connectivity index is 2.03. The number of halogens is 2. The maximum atomic E-state index is 11.2. The molecule has 9 heteroatoms. The maximum absolute atomic E-state index is 11.2. The molecule has 7 nitrogen and oxygen atoms in total. The second-order valence-corrected chi connectivity index (χ2v) is 6.44. The summed E-state index contributed by atoms with van der Waals surface area (Å²) >= 11 is 9.71. The molecular weight excluding hydrogens is 410 g/mol. The van der Waals surface area contributed by atoms with Crippen LogP contribution in [0.4, 0.5) is 5.69 Å². The van der Waals surface area contributed by atoms with Gasteiger partial charge >= 0.3 is 0 Å². The average Bonchev–Trinajstić information content (AvgIpc) is 2.88. The van der Waals surface area contributed by atoms with Crippen molar-refractivity contribution in [3.8, 4) is 5.69 Å². The van der Waals surface area contributed by atoms with E-state index in [1.807, 2.05) is 18.2 Å². The van der Waals surface area contributed by atoms with E-state index in [2.05, 4.69) is 31.1 Å². The van der Waals surface area contributed by atoms with Crippen molar-refractivity contribution in [1.82, 2.24) is 14.8 Å². The first kappa shape index (κ1) is 15.9. The van der Waals surface area contributed by atoms with E-state index < -0.39 is 4.92 Å². The van der Waals surface area contributed by atoms with Gasteiger partial charge in [-0.3, -0.25) is 19.7 Å². The summed E-state index contributed by atoms with van der Waals surface area (Å²) < 4.78 is 2.29. The van der Waals surface area contributed by atoms with Gasteiger partial charge in [0.15, 0.2) is 5.82 Å². The first-order chi connectivity index (χ1) is 12.1. The molecule has 2 heterocycles. The van der Waals surface area contributed by atoms with Crippen molar-refractivity contribution in [3.05, 3.63) is 79.3 Å². The summed E-state index contributed by atoms with van der Waals surface area (Å²) in [5.41, 5.74) is 2.57. The van der Waals surface area contributed by atoms with Crippen LogP contribution in [-0.2, 0) is 6.54 Å². The molecule has 0 saturated carbocycles. The Hall–Kier alpha value is -2.58. The van der Waals surface area contributed by atoms with Gasteiger partial charge in [0.25, 0.3) is 5.69 Å². The molecule has 124 valence electrons. The van der Waals surface area contributed by atoms with E-state index >= 15 is 0 Å². The zero-order valence-corrected chi connectivity index (χ0v) is 14.9. The fraction of sp³-hybridized carbons (Fsp3) is 0.0625. The number of rotatable bonds is 2. The standard InChI is InChI=1S/C16H9BrClN5O2/c17-16-21-20-14-8-19-15(10-3-1-2-4-12(10)18)11-7-9(23(24)25)5-6-13(11)22(14)16/h1-7H,8H2. The molecule has 1 aromatic heterocycles. The molecule has 0 amide bonds. The Morgan fingerprint density at radius 1 is 1.16 bits per heavy atom. The number of nitro groups is 1. The lowest BCUT2D eigenvalue weighted by Crippen LogP contribution is -2.09. The van der Waals surface area contributed by atoms with Gasteiger partial charge in [-0.25, -0.2) is 0 Å².